The molecule has 2 aromatic rings. The van der Waals surface area contributed by atoms with E-state index in [0.29, 0.717) is 36.2 Å². The number of hydrogen-bond donors (Lipinski definition) is 1. The normalized spacial score (nSPS) is 18.5. The molecule has 0 radical (unpaired) electrons. The second-order valence-electron chi connectivity index (χ2n) is 7.38. The first-order valence-electron chi connectivity index (χ1n) is 9.82. The van der Waals surface area contributed by atoms with Gasteiger partial charge >= 0.3 is 0 Å². The topological polar surface area (TPSA) is 60.0 Å². The van der Waals surface area contributed by atoms with Crippen LogP contribution in [0, 0.1) is 6.92 Å². The Morgan fingerprint density at radius 2 is 2.03 bits per heavy atom. The van der Waals surface area contributed by atoms with Gasteiger partial charge in [0.2, 0.25) is 5.91 Å². The number of hydrogen-bond acceptors (Lipinski definition) is 5. The van der Waals surface area contributed by atoms with Gasteiger partial charge in [0, 0.05) is 17.1 Å². The van der Waals surface area contributed by atoms with Gasteiger partial charge < -0.3 is 19.5 Å². The van der Waals surface area contributed by atoms with E-state index in [-0.39, 0.29) is 11.9 Å². The molecule has 2 heterocycles. The Kier molecular flexibility index (Phi) is 5.83. The fourth-order valence-corrected chi connectivity index (χ4v) is 4.12. The average molecular weight is 417 g/mol. The van der Waals surface area contributed by atoms with Crippen LogP contribution in [-0.2, 0) is 4.79 Å². The van der Waals surface area contributed by atoms with E-state index in [1.165, 1.54) is 0 Å². The number of likely N-dealkylation sites (tertiary alicyclic amines) is 1. The molecule has 2 aliphatic rings. The van der Waals surface area contributed by atoms with Gasteiger partial charge in [-0.05, 0) is 55.6 Å². The van der Waals surface area contributed by atoms with Crippen LogP contribution in [0.5, 0.6) is 17.2 Å². The van der Waals surface area contributed by atoms with Gasteiger partial charge in [0.25, 0.3) is 0 Å². The minimum Gasteiger partial charge on any atom is -0.495 e. The molecule has 6 nitrogen and oxygen atoms in total. The van der Waals surface area contributed by atoms with Gasteiger partial charge in [-0.15, -0.1) is 0 Å². The number of ether oxygens (including phenoxy) is 3. The highest BCUT2D eigenvalue weighted by Crippen LogP contribution is 2.38. The first-order valence-corrected chi connectivity index (χ1v) is 10.2. The van der Waals surface area contributed by atoms with Crippen LogP contribution in [0.4, 0.5) is 5.69 Å². The van der Waals surface area contributed by atoms with Crippen LogP contribution < -0.4 is 19.5 Å². The number of methoxy groups -OCH3 is 1. The molecule has 2 aliphatic heterocycles. The zero-order chi connectivity index (χ0) is 20.4. The van der Waals surface area contributed by atoms with Gasteiger partial charge in [0.05, 0.1) is 19.3 Å². The third kappa shape index (κ3) is 4.28. The summed E-state index contributed by atoms with van der Waals surface area (Å²) in [5.74, 6) is 2.05. The second-order valence-corrected chi connectivity index (χ2v) is 7.79. The van der Waals surface area contributed by atoms with Crippen LogP contribution in [0.25, 0.3) is 0 Å². The van der Waals surface area contributed by atoms with Crippen LogP contribution in [-0.4, -0.2) is 44.2 Å². The molecule has 0 saturated carbocycles. The van der Waals surface area contributed by atoms with E-state index in [4.69, 9.17) is 25.8 Å². The molecule has 1 saturated heterocycles. The number of carbonyl (C=O) groups excluding carboxylic acids is 1. The summed E-state index contributed by atoms with van der Waals surface area (Å²) in [5, 5.41) is 3.58. The number of nitrogens with one attached hydrogen (secondary N) is 1. The summed E-state index contributed by atoms with van der Waals surface area (Å²) in [5.41, 5.74) is 2.67. The molecule has 4 rings (SSSR count). The Morgan fingerprint density at radius 3 is 2.83 bits per heavy atom. The number of halogens is 1. The van der Waals surface area contributed by atoms with E-state index < -0.39 is 0 Å². The molecule has 7 heteroatoms. The zero-order valence-electron chi connectivity index (χ0n) is 16.7. The highest BCUT2D eigenvalue weighted by molar-refractivity contribution is 6.31. The van der Waals surface area contributed by atoms with Crippen LogP contribution in [0.15, 0.2) is 30.3 Å². The SMILES string of the molecule is COc1cc(Cl)c(C)cc1NC(=O)CN1CCCC1c1ccc2c(c1)OCCO2. The molecule has 2 aromatic carbocycles. The summed E-state index contributed by atoms with van der Waals surface area (Å²) in [6.07, 6.45) is 2.06. The lowest BCUT2D eigenvalue weighted by atomic mass is 10.0. The summed E-state index contributed by atoms with van der Waals surface area (Å²) in [4.78, 5) is 15.0. The highest BCUT2D eigenvalue weighted by atomic mass is 35.5. The van der Waals surface area contributed by atoms with E-state index in [2.05, 4.69) is 16.3 Å². The molecule has 1 N–H and O–H groups in total. The summed E-state index contributed by atoms with van der Waals surface area (Å²) in [6, 6.07) is 9.81. The molecule has 0 spiro atoms. The Hall–Kier alpha value is -2.44. The van der Waals surface area contributed by atoms with Crippen molar-refractivity contribution in [1.29, 1.82) is 0 Å². The maximum absolute atomic E-state index is 12.8. The number of rotatable bonds is 5. The van der Waals surface area contributed by atoms with Gasteiger partial charge in [0.15, 0.2) is 11.5 Å². The van der Waals surface area contributed by atoms with Crippen LogP contribution in [0.3, 0.4) is 0 Å². The number of anilines is 1. The zero-order valence-corrected chi connectivity index (χ0v) is 17.4. The molecule has 29 heavy (non-hydrogen) atoms. The third-order valence-electron chi connectivity index (χ3n) is 5.42. The van der Waals surface area contributed by atoms with E-state index in [1.54, 1.807) is 13.2 Å². The largest absolute Gasteiger partial charge is 0.495 e. The van der Waals surface area contributed by atoms with E-state index in [0.717, 1.165) is 42.0 Å². The standard InChI is InChI=1S/C22H25ClN2O4/c1-14-10-17(20(27-2)12-16(14)23)24-22(26)13-25-7-3-4-18(25)15-5-6-19-21(11-15)29-9-8-28-19/h5-6,10-12,18H,3-4,7-9,13H2,1-2H3,(H,24,26). The van der Waals surface area contributed by atoms with E-state index >= 15 is 0 Å². The predicted molar refractivity (Wildman–Crippen MR) is 112 cm³/mol. The Morgan fingerprint density at radius 1 is 1.24 bits per heavy atom. The molecule has 0 aliphatic carbocycles. The lowest BCUT2D eigenvalue weighted by molar-refractivity contribution is -0.117. The quantitative estimate of drug-likeness (QED) is 0.791. The number of fused-ring (bicyclic) bond motifs is 1. The van der Waals surface area contributed by atoms with Crippen molar-refractivity contribution in [2.24, 2.45) is 0 Å². The fourth-order valence-electron chi connectivity index (χ4n) is 3.96. The molecule has 0 aromatic heterocycles. The third-order valence-corrected chi connectivity index (χ3v) is 5.82. The molecular formula is C22H25ClN2O4. The number of benzene rings is 2. The second kappa shape index (κ2) is 8.51. The number of carbonyl (C=O) groups is 1. The van der Waals surface area contributed by atoms with E-state index in [1.807, 2.05) is 25.1 Å². The molecule has 1 fully saturated rings. The summed E-state index contributed by atoms with van der Waals surface area (Å²) in [7, 11) is 1.56. The summed E-state index contributed by atoms with van der Waals surface area (Å²) >= 11 is 6.16. The number of nitrogens with zero attached hydrogens (tertiary/aromatic N) is 1. The minimum absolute atomic E-state index is 0.0746. The Bertz CT molecular complexity index is 918. The van der Waals surface area contributed by atoms with Gasteiger partial charge in [-0.2, -0.15) is 0 Å². The molecule has 1 atom stereocenters. The van der Waals surface area contributed by atoms with Crippen molar-refractivity contribution in [3.8, 4) is 17.2 Å². The number of aryl methyl sites for hydroxylation is 1. The maximum Gasteiger partial charge on any atom is 0.238 e. The van der Waals surface area contributed by atoms with Crippen molar-refractivity contribution in [1.82, 2.24) is 4.90 Å². The average Bonchev–Trinajstić information content (AvgIpc) is 3.18. The minimum atomic E-state index is -0.0746. The van der Waals surface area contributed by atoms with Gasteiger partial charge in [-0.25, -0.2) is 0 Å². The summed E-state index contributed by atoms with van der Waals surface area (Å²) < 4.78 is 16.7. The van der Waals surface area contributed by atoms with Gasteiger partial charge in [-0.1, -0.05) is 17.7 Å². The lowest BCUT2D eigenvalue weighted by Gasteiger charge is -2.26. The molecule has 154 valence electrons. The summed E-state index contributed by atoms with van der Waals surface area (Å²) in [6.45, 7) is 4.23. The first-order chi connectivity index (χ1) is 14.0. The van der Waals surface area contributed by atoms with Crippen molar-refractivity contribution >= 4 is 23.2 Å². The van der Waals surface area contributed by atoms with E-state index in [9.17, 15) is 4.79 Å². The Balaban J connectivity index is 1.46. The van der Waals surface area contributed by atoms with Crippen molar-refractivity contribution in [3.05, 3.63) is 46.5 Å². The van der Waals surface area contributed by atoms with Crippen molar-refractivity contribution < 1.29 is 19.0 Å². The molecule has 1 unspecified atom stereocenters. The van der Waals surface area contributed by atoms with Crippen LogP contribution >= 0.6 is 11.6 Å². The van der Waals surface area contributed by atoms with Crippen LogP contribution in [0.2, 0.25) is 5.02 Å². The van der Waals surface area contributed by atoms with Gasteiger partial charge in [0.1, 0.15) is 19.0 Å². The molecule has 1 amide bonds. The van der Waals surface area contributed by atoms with Crippen LogP contribution in [0.1, 0.15) is 30.0 Å². The molecule has 0 bridgehead atoms. The number of amides is 1. The van der Waals surface area contributed by atoms with Gasteiger partial charge in [-0.3, -0.25) is 9.69 Å². The maximum atomic E-state index is 12.8. The highest BCUT2D eigenvalue weighted by Gasteiger charge is 2.29. The molecular weight excluding hydrogens is 392 g/mol. The van der Waals surface area contributed by atoms with Crippen molar-refractivity contribution in [2.45, 2.75) is 25.8 Å². The monoisotopic (exact) mass is 416 g/mol. The predicted octanol–water partition coefficient (Wildman–Crippen LogP) is 4.20. The Labute approximate surface area is 175 Å². The smallest absolute Gasteiger partial charge is 0.238 e. The fraction of sp³-hybridized carbons (Fsp3) is 0.409. The van der Waals surface area contributed by atoms with Crippen molar-refractivity contribution in [2.75, 3.05) is 38.7 Å². The first kappa shape index (κ1) is 19.9. The van der Waals surface area contributed by atoms with Crippen molar-refractivity contribution in [3.63, 3.8) is 0 Å². The lowest BCUT2D eigenvalue weighted by Crippen LogP contribution is -2.33.